The molecule has 1 aromatic heterocycles. The molecular formula is C18H21ClN2O4S. The van der Waals surface area contributed by atoms with Gasteiger partial charge in [0.2, 0.25) is 11.8 Å². The summed E-state index contributed by atoms with van der Waals surface area (Å²) in [5.41, 5.74) is 0.894. The van der Waals surface area contributed by atoms with E-state index in [1.165, 1.54) is 11.8 Å². The molecule has 0 aliphatic carbocycles. The van der Waals surface area contributed by atoms with Gasteiger partial charge in [-0.05, 0) is 44.0 Å². The number of aliphatic carboxylic acids is 1. The van der Waals surface area contributed by atoms with E-state index in [0.717, 1.165) is 5.56 Å². The van der Waals surface area contributed by atoms with Crippen molar-refractivity contribution in [1.29, 1.82) is 0 Å². The number of oxazole rings is 1. The molecule has 1 amide bonds. The molecule has 1 aromatic carbocycles. The number of unbranched alkanes of at least 4 members (excludes halogenated alkanes) is 1. The third kappa shape index (κ3) is 6.72. The highest BCUT2D eigenvalue weighted by molar-refractivity contribution is 7.99. The van der Waals surface area contributed by atoms with Gasteiger partial charge < -0.3 is 14.8 Å². The lowest BCUT2D eigenvalue weighted by atomic mass is 10.2. The second kappa shape index (κ2) is 10.2. The molecule has 0 aliphatic rings. The van der Waals surface area contributed by atoms with Crippen LogP contribution in [0.1, 0.15) is 32.1 Å². The summed E-state index contributed by atoms with van der Waals surface area (Å²) >= 11 is 7.31. The van der Waals surface area contributed by atoms with Gasteiger partial charge in [0.05, 0.1) is 17.2 Å². The van der Waals surface area contributed by atoms with Gasteiger partial charge in [-0.1, -0.05) is 11.6 Å². The predicted molar refractivity (Wildman–Crippen MR) is 102 cm³/mol. The number of carboxylic acid groups (broad SMARTS) is 1. The molecule has 0 radical (unpaired) electrons. The van der Waals surface area contributed by atoms with E-state index in [1.54, 1.807) is 18.3 Å². The normalized spacial score (nSPS) is 11.9. The zero-order valence-corrected chi connectivity index (χ0v) is 16.0. The van der Waals surface area contributed by atoms with Crippen LogP contribution in [-0.2, 0) is 15.3 Å². The van der Waals surface area contributed by atoms with E-state index in [1.807, 2.05) is 19.1 Å². The third-order valence-electron chi connectivity index (χ3n) is 3.62. The number of nitrogens with one attached hydrogen (secondary N) is 1. The second-order valence-electron chi connectivity index (χ2n) is 5.72. The van der Waals surface area contributed by atoms with Gasteiger partial charge in [-0.25, -0.2) is 4.98 Å². The number of hydrogen-bond donors (Lipinski definition) is 2. The number of amides is 1. The summed E-state index contributed by atoms with van der Waals surface area (Å²) < 4.78 is 5.71. The maximum absolute atomic E-state index is 12.0. The number of carbonyl (C=O) groups excluding carboxylic acids is 1. The van der Waals surface area contributed by atoms with E-state index in [-0.39, 0.29) is 17.6 Å². The van der Waals surface area contributed by atoms with Crippen LogP contribution in [0, 0.1) is 0 Å². The molecule has 2 rings (SSSR count). The fourth-order valence-corrected chi connectivity index (χ4v) is 3.04. The van der Waals surface area contributed by atoms with Crippen molar-refractivity contribution in [2.45, 2.75) is 37.2 Å². The number of halogens is 1. The van der Waals surface area contributed by atoms with E-state index in [9.17, 15) is 9.59 Å². The minimum absolute atomic E-state index is 0.0743. The summed E-state index contributed by atoms with van der Waals surface area (Å²) in [5, 5.41) is 11.8. The quantitative estimate of drug-likeness (QED) is 0.590. The first-order chi connectivity index (χ1) is 12.5. The predicted octanol–water partition coefficient (Wildman–Crippen LogP) is 3.99. The molecule has 0 bridgehead atoms. The van der Waals surface area contributed by atoms with E-state index < -0.39 is 5.97 Å². The van der Waals surface area contributed by atoms with Crippen molar-refractivity contribution in [2.24, 2.45) is 0 Å². The SMILES string of the molecule is CC(SCc1ncc(-c2ccc(Cl)cc2)o1)C(=O)NCCCCC(=O)O. The highest BCUT2D eigenvalue weighted by atomic mass is 35.5. The van der Waals surface area contributed by atoms with Gasteiger partial charge in [0, 0.05) is 23.6 Å². The zero-order valence-electron chi connectivity index (χ0n) is 14.4. The van der Waals surface area contributed by atoms with Crippen LogP contribution in [0.5, 0.6) is 0 Å². The minimum Gasteiger partial charge on any atom is -0.481 e. The Kier molecular flexibility index (Phi) is 8.00. The molecule has 26 heavy (non-hydrogen) atoms. The Hall–Kier alpha value is -1.99. The molecule has 8 heteroatoms. The zero-order chi connectivity index (χ0) is 18.9. The van der Waals surface area contributed by atoms with Crippen LogP contribution in [0.25, 0.3) is 11.3 Å². The second-order valence-corrected chi connectivity index (χ2v) is 7.49. The Morgan fingerprint density at radius 1 is 1.31 bits per heavy atom. The number of hydrogen-bond acceptors (Lipinski definition) is 5. The van der Waals surface area contributed by atoms with Crippen LogP contribution >= 0.6 is 23.4 Å². The molecule has 2 aromatic rings. The topological polar surface area (TPSA) is 92.4 Å². The molecule has 2 N–H and O–H groups in total. The van der Waals surface area contributed by atoms with Crippen molar-refractivity contribution < 1.29 is 19.1 Å². The molecule has 1 unspecified atom stereocenters. The lowest BCUT2D eigenvalue weighted by Gasteiger charge is -2.10. The first kappa shape index (κ1) is 20.3. The average Bonchev–Trinajstić information content (AvgIpc) is 3.08. The van der Waals surface area contributed by atoms with Crippen molar-refractivity contribution in [3.63, 3.8) is 0 Å². The van der Waals surface area contributed by atoms with E-state index >= 15 is 0 Å². The van der Waals surface area contributed by atoms with Gasteiger partial charge in [0.15, 0.2) is 5.76 Å². The fraction of sp³-hybridized carbons (Fsp3) is 0.389. The van der Waals surface area contributed by atoms with Gasteiger partial charge in [-0.2, -0.15) is 0 Å². The van der Waals surface area contributed by atoms with Gasteiger partial charge in [-0.3, -0.25) is 9.59 Å². The summed E-state index contributed by atoms with van der Waals surface area (Å²) in [7, 11) is 0. The number of aromatic nitrogens is 1. The Morgan fingerprint density at radius 2 is 2.04 bits per heavy atom. The fourth-order valence-electron chi connectivity index (χ4n) is 2.15. The number of benzene rings is 1. The van der Waals surface area contributed by atoms with Crippen molar-refractivity contribution in [1.82, 2.24) is 10.3 Å². The highest BCUT2D eigenvalue weighted by Gasteiger charge is 2.15. The van der Waals surface area contributed by atoms with Crippen LogP contribution in [-0.4, -0.2) is 33.8 Å². The Labute approximate surface area is 161 Å². The summed E-state index contributed by atoms with van der Waals surface area (Å²) in [6.07, 6.45) is 2.99. The van der Waals surface area contributed by atoms with Gasteiger partial charge in [-0.15, -0.1) is 11.8 Å². The number of rotatable bonds is 10. The van der Waals surface area contributed by atoms with Crippen molar-refractivity contribution >= 4 is 35.2 Å². The largest absolute Gasteiger partial charge is 0.481 e. The standard InChI is InChI=1S/C18H21ClN2O4S/c1-12(18(24)20-9-3-2-4-17(22)23)26-11-16-21-10-15(25-16)13-5-7-14(19)8-6-13/h5-8,10,12H,2-4,9,11H2,1H3,(H,20,24)(H,22,23). The van der Waals surface area contributed by atoms with Crippen molar-refractivity contribution in [3.8, 4) is 11.3 Å². The molecule has 1 heterocycles. The first-order valence-corrected chi connectivity index (χ1v) is 9.70. The van der Waals surface area contributed by atoms with Crippen molar-refractivity contribution in [3.05, 3.63) is 41.4 Å². The van der Waals surface area contributed by atoms with Gasteiger partial charge in [0.25, 0.3) is 0 Å². The Morgan fingerprint density at radius 3 is 2.73 bits per heavy atom. The monoisotopic (exact) mass is 396 g/mol. The summed E-state index contributed by atoms with van der Waals surface area (Å²) in [6.45, 7) is 2.30. The third-order valence-corrected chi connectivity index (χ3v) is 5.00. The molecule has 0 saturated heterocycles. The number of carbonyl (C=O) groups is 2. The highest BCUT2D eigenvalue weighted by Crippen LogP contribution is 2.25. The maximum atomic E-state index is 12.0. The summed E-state index contributed by atoms with van der Waals surface area (Å²) in [4.78, 5) is 26.7. The molecular weight excluding hydrogens is 376 g/mol. The molecule has 0 aliphatic heterocycles. The molecule has 6 nitrogen and oxygen atoms in total. The van der Waals surface area contributed by atoms with E-state index in [0.29, 0.717) is 41.8 Å². The van der Waals surface area contributed by atoms with Crippen LogP contribution in [0.3, 0.4) is 0 Å². The number of carboxylic acids is 1. The van der Waals surface area contributed by atoms with Crippen LogP contribution < -0.4 is 5.32 Å². The number of nitrogens with zero attached hydrogens (tertiary/aromatic N) is 1. The molecule has 0 fully saturated rings. The van der Waals surface area contributed by atoms with Gasteiger partial charge in [0.1, 0.15) is 0 Å². The van der Waals surface area contributed by atoms with Crippen LogP contribution in [0.4, 0.5) is 0 Å². The smallest absolute Gasteiger partial charge is 0.303 e. The lowest BCUT2D eigenvalue weighted by molar-refractivity contribution is -0.137. The Bertz CT molecular complexity index is 733. The van der Waals surface area contributed by atoms with E-state index in [4.69, 9.17) is 21.1 Å². The number of thioether (sulfide) groups is 1. The average molecular weight is 397 g/mol. The first-order valence-electron chi connectivity index (χ1n) is 8.27. The van der Waals surface area contributed by atoms with Crippen molar-refractivity contribution in [2.75, 3.05) is 6.54 Å². The molecule has 0 spiro atoms. The lowest BCUT2D eigenvalue weighted by Crippen LogP contribution is -2.31. The summed E-state index contributed by atoms with van der Waals surface area (Å²) in [6, 6.07) is 7.30. The van der Waals surface area contributed by atoms with Crippen LogP contribution in [0.15, 0.2) is 34.9 Å². The Balaban J connectivity index is 1.73. The minimum atomic E-state index is -0.816. The van der Waals surface area contributed by atoms with E-state index in [2.05, 4.69) is 10.3 Å². The molecule has 0 saturated carbocycles. The molecule has 1 atom stereocenters. The molecule has 140 valence electrons. The van der Waals surface area contributed by atoms with Crippen LogP contribution in [0.2, 0.25) is 5.02 Å². The maximum Gasteiger partial charge on any atom is 0.303 e. The van der Waals surface area contributed by atoms with Gasteiger partial charge >= 0.3 is 5.97 Å². The summed E-state index contributed by atoms with van der Waals surface area (Å²) in [5.74, 6) is 0.814.